The van der Waals surface area contributed by atoms with Crippen molar-refractivity contribution in [3.63, 3.8) is 0 Å². The van der Waals surface area contributed by atoms with Gasteiger partial charge in [0.05, 0.1) is 0 Å². The van der Waals surface area contributed by atoms with Gasteiger partial charge < -0.3 is 4.43 Å². The van der Waals surface area contributed by atoms with E-state index in [2.05, 4.69) is 6.92 Å². The van der Waals surface area contributed by atoms with E-state index in [1.807, 2.05) is 0 Å². The van der Waals surface area contributed by atoms with Gasteiger partial charge in [0.1, 0.15) is 0 Å². The molecule has 0 aromatic heterocycles. The number of carbonyl (C=O) groups is 1. The van der Waals surface area contributed by atoms with Crippen LogP contribution in [-0.2, 0) is 9.22 Å². The average Bonchev–Trinajstić information content (AvgIpc) is 2.28. The summed E-state index contributed by atoms with van der Waals surface area (Å²) in [7, 11) is -2.40. The number of ketones is 1. The lowest BCUT2D eigenvalue weighted by Gasteiger charge is -2.27. The van der Waals surface area contributed by atoms with Crippen LogP contribution in [0.3, 0.4) is 0 Å². The summed E-state index contributed by atoms with van der Waals surface area (Å²) in [6.07, 6.45) is -1.22. The summed E-state index contributed by atoms with van der Waals surface area (Å²) in [6, 6.07) is 0. The maximum Gasteiger partial charge on any atom is 0.420 e. The van der Waals surface area contributed by atoms with Crippen molar-refractivity contribution in [1.82, 2.24) is 0 Å². The molecule has 0 saturated heterocycles. The molecular formula is C14H27F3O2Si. The summed E-state index contributed by atoms with van der Waals surface area (Å²) in [5.74, 6) is -0.824. The third-order valence-electron chi connectivity index (χ3n) is 2.84. The standard InChI is InChI=1S/C14H27F3O2Si/c1-5-6-7-8-9-10-11-12(18)13(14(15,16)17)19-20(2,3)4/h13H,5-11H2,1-4H3. The summed E-state index contributed by atoms with van der Waals surface area (Å²) in [6.45, 7) is 7.07. The smallest absolute Gasteiger partial charge is 0.400 e. The lowest BCUT2D eigenvalue weighted by molar-refractivity contribution is -0.199. The SMILES string of the molecule is CCCCCCCCC(=O)C(O[Si](C)(C)C)C(F)(F)F. The molecule has 0 fully saturated rings. The minimum Gasteiger partial charge on any atom is -0.400 e. The molecule has 2 nitrogen and oxygen atoms in total. The largest absolute Gasteiger partial charge is 0.420 e. The van der Waals surface area contributed by atoms with Gasteiger partial charge in [-0.1, -0.05) is 39.0 Å². The summed E-state index contributed by atoms with van der Waals surface area (Å²) >= 11 is 0. The molecule has 120 valence electrons. The van der Waals surface area contributed by atoms with E-state index in [4.69, 9.17) is 4.43 Å². The number of alkyl halides is 3. The number of hydrogen-bond donors (Lipinski definition) is 0. The molecule has 0 heterocycles. The number of hydrogen-bond acceptors (Lipinski definition) is 2. The molecule has 0 aliphatic carbocycles. The van der Waals surface area contributed by atoms with Gasteiger partial charge in [0.15, 0.2) is 14.1 Å². The number of carbonyl (C=O) groups excluding carboxylic acids is 1. The van der Waals surface area contributed by atoms with Gasteiger partial charge in [-0.15, -0.1) is 0 Å². The van der Waals surface area contributed by atoms with E-state index < -0.39 is 26.4 Å². The van der Waals surface area contributed by atoms with Gasteiger partial charge in [0.25, 0.3) is 0 Å². The van der Waals surface area contributed by atoms with Crippen LogP contribution < -0.4 is 0 Å². The first kappa shape index (κ1) is 19.6. The van der Waals surface area contributed by atoms with E-state index in [0.717, 1.165) is 32.1 Å². The molecule has 0 rings (SSSR count). The Labute approximate surface area is 121 Å². The molecule has 6 heteroatoms. The van der Waals surface area contributed by atoms with Gasteiger partial charge >= 0.3 is 6.18 Å². The average molecular weight is 312 g/mol. The first-order valence-electron chi connectivity index (χ1n) is 7.35. The van der Waals surface area contributed by atoms with Crippen LogP contribution in [0.5, 0.6) is 0 Å². The summed E-state index contributed by atoms with van der Waals surface area (Å²) in [5.41, 5.74) is 0. The molecule has 20 heavy (non-hydrogen) atoms. The highest BCUT2D eigenvalue weighted by Gasteiger charge is 2.47. The van der Waals surface area contributed by atoms with E-state index in [1.54, 1.807) is 19.6 Å². The van der Waals surface area contributed by atoms with Crippen molar-refractivity contribution in [2.75, 3.05) is 0 Å². The fourth-order valence-electron chi connectivity index (χ4n) is 1.88. The molecule has 0 N–H and O–H groups in total. The highest BCUT2D eigenvalue weighted by Crippen LogP contribution is 2.27. The topological polar surface area (TPSA) is 26.3 Å². The van der Waals surface area contributed by atoms with Crippen LogP contribution in [0.15, 0.2) is 0 Å². The van der Waals surface area contributed by atoms with E-state index in [9.17, 15) is 18.0 Å². The van der Waals surface area contributed by atoms with Gasteiger partial charge in [0, 0.05) is 6.42 Å². The Morgan fingerprint density at radius 1 is 1.05 bits per heavy atom. The zero-order chi connectivity index (χ0) is 15.8. The second-order valence-electron chi connectivity index (χ2n) is 6.14. The minimum absolute atomic E-state index is 0.0409. The van der Waals surface area contributed by atoms with Crippen LogP contribution in [0.4, 0.5) is 13.2 Å². The predicted octanol–water partition coefficient (Wildman–Crippen LogP) is 5.09. The molecule has 0 aromatic rings. The Hall–Kier alpha value is -0.363. The third-order valence-corrected chi connectivity index (χ3v) is 3.78. The molecule has 0 spiro atoms. The number of unbranched alkanes of at least 4 members (excludes halogenated alkanes) is 5. The van der Waals surface area contributed by atoms with Gasteiger partial charge in [-0.3, -0.25) is 4.79 Å². The van der Waals surface area contributed by atoms with Gasteiger partial charge in [-0.05, 0) is 26.1 Å². The van der Waals surface area contributed by atoms with Gasteiger partial charge in [0.2, 0.25) is 6.10 Å². The highest BCUT2D eigenvalue weighted by atomic mass is 28.4. The predicted molar refractivity (Wildman–Crippen MR) is 77.3 cm³/mol. The monoisotopic (exact) mass is 312 g/mol. The Balaban J connectivity index is 4.23. The molecule has 0 aliphatic heterocycles. The van der Waals surface area contributed by atoms with Crippen LogP contribution in [0.25, 0.3) is 0 Å². The summed E-state index contributed by atoms with van der Waals surface area (Å²) < 4.78 is 43.6. The molecular weight excluding hydrogens is 285 g/mol. The third kappa shape index (κ3) is 9.53. The number of rotatable bonds is 10. The number of halogens is 3. The van der Waals surface area contributed by atoms with E-state index in [0.29, 0.717) is 6.42 Å². The molecule has 1 unspecified atom stereocenters. The van der Waals surface area contributed by atoms with Gasteiger partial charge in [-0.25, -0.2) is 0 Å². The minimum atomic E-state index is -4.60. The fraction of sp³-hybridized carbons (Fsp3) is 0.929. The molecule has 0 saturated carbocycles. The Morgan fingerprint density at radius 3 is 2.00 bits per heavy atom. The number of Topliss-reactive ketones (excluding diaryl/α,β-unsaturated/α-hetero) is 1. The molecule has 0 aliphatic rings. The molecule has 0 bridgehead atoms. The Morgan fingerprint density at radius 2 is 1.55 bits per heavy atom. The zero-order valence-corrected chi connectivity index (χ0v) is 14.0. The van der Waals surface area contributed by atoms with Crippen molar-refractivity contribution in [2.24, 2.45) is 0 Å². The molecule has 0 radical (unpaired) electrons. The lowest BCUT2D eigenvalue weighted by atomic mass is 10.1. The first-order valence-corrected chi connectivity index (χ1v) is 10.8. The van der Waals surface area contributed by atoms with Crippen LogP contribution >= 0.6 is 0 Å². The zero-order valence-electron chi connectivity index (χ0n) is 13.0. The molecule has 0 aromatic carbocycles. The maximum atomic E-state index is 12.9. The van der Waals surface area contributed by atoms with Crippen molar-refractivity contribution in [1.29, 1.82) is 0 Å². The van der Waals surface area contributed by atoms with Crippen molar-refractivity contribution >= 4 is 14.1 Å². The first-order chi connectivity index (χ1) is 9.08. The highest BCUT2D eigenvalue weighted by molar-refractivity contribution is 6.69. The maximum absolute atomic E-state index is 12.9. The van der Waals surface area contributed by atoms with E-state index in [1.165, 1.54) is 0 Å². The van der Waals surface area contributed by atoms with Crippen molar-refractivity contribution < 1.29 is 22.4 Å². The van der Waals surface area contributed by atoms with Crippen LogP contribution in [0, 0.1) is 0 Å². The van der Waals surface area contributed by atoms with Gasteiger partial charge in [-0.2, -0.15) is 13.2 Å². The van der Waals surface area contributed by atoms with Crippen molar-refractivity contribution in [2.45, 2.75) is 83.8 Å². The van der Waals surface area contributed by atoms with Crippen LogP contribution in [0.1, 0.15) is 51.9 Å². The second kappa shape index (κ2) is 8.82. The summed E-state index contributed by atoms with van der Waals surface area (Å²) in [4.78, 5) is 11.7. The van der Waals surface area contributed by atoms with Crippen LogP contribution in [0.2, 0.25) is 19.6 Å². The molecule has 0 amide bonds. The fourth-order valence-corrected chi connectivity index (χ4v) is 2.85. The van der Waals surface area contributed by atoms with E-state index in [-0.39, 0.29) is 6.42 Å². The summed E-state index contributed by atoms with van der Waals surface area (Å²) in [5, 5.41) is 0. The lowest BCUT2D eigenvalue weighted by Crippen LogP contribution is -2.45. The Bertz CT molecular complexity index is 285. The molecule has 1 atom stereocenters. The van der Waals surface area contributed by atoms with Crippen molar-refractivity contribution in [3.05, 3.63) is 0 Å². The van der Waals surface area contributed by atoms with E-state index >= 15 is 0 Å². The quantitative estimate of drug-likeness (QED) is 0.415. The normalized spacial score (nSPS) is 14.3. The van der Waals surface area contributed by atoms with Crippen LogP contribution in [-0.4, -0.2) is 26.4 Å². The second-order valence-corrected chi connectivity index (χ2v) is 10.6. The van der Waals surface area contributed by atoms with Crippen molar-refractivity contribution in [3.8, 4) is 0 Å². The Kier molecular flexibility index (Phi) is 8.66.